The molecular weight excluding hydrogens is 656 g/mol. The zero-order chi connectivity index (χ0) is 36.7. The van der Waals surface area contributed by atoms with Crippen molar-refractivity contribution in [3.05, 3.63) is 36.5 Å². The van der Waals surface area contributed by atoms with Crippen LogP contribution in [-0.2, 0) is 33.2 Å². The van der Waals surface area contributed by atoms with Crippen molar-refractivity contribution in [3.63, 3.8) is 0 Å². The lowest BCUT2D eigenvalue weighted by Gasteiger charge is -2.42. The van der Waals surface area contributed by atoms with E-state index < -0.39 is 86.7 Å². The van der Waals surface area contributed by atoms with Gasteiger partial charge in [-0.2, -0.15) is 0 Å². The van der Waals surface area contributed by atoms with Gasteiger partial charge in [0.2, 0.25) is 0 Å². The molecule has 0 radical (unpaired) electrons. The monoisotopic (exact) mass is 718 g/mol. The number of rotatable bonds is 25. The summed E-state index contributed by atoms with van der Waals surface area (Å²) < 4.78 is 33.5. The van der Waals surface area contributed by atoms with Gasteiger partial charge in [-0.25, -0.2) is 0 Å². The molecule has 11 unspecified atom stereocenters. The maximum atomic E-state index is 12.4. The van der Waals surface area contributed by atoms with E-state index in [9.17, 15) is 40.5 Å². The van der Waals surface area contributed by atoms with E-state index in [4.69, 9.17) is 28.4 Å². The van der Waals surface area contributed by atoms with Crippen LogP contribution in [0.15, 0.2) is 36.5 Å². The lowest BCUT2D eigenvalue weighted by Crippen LogP contribution is -2.61. The molecule has 0 aromatic heterocycles. The van der Waals surface area contributed by atoms with Gasteiger partial charge in [0.25, 0.3) is 0 Å². The van der Waals surface area contributed by atoms with Crippen LogP contribution in [0.2, 0.25) is 0 Å². The largest absolute Gasteiger partial charge is 0.457 e. The Morgan fingerprint density at radius 3 is 1.94 bits per heavy atom. The fourth-order valence-electron chi connectivity index (χ4n) is 5.33. The van der Waals surface area contributed by atoms with Gasteiger partial charge in [0.1, 0.15) is 54.9 Å². The molecule has 14 heteroatoms. The number of hydrogen-bond acceptors (Lipinski definition) is 14. The van der Waals surface area contributed by atoms with Crippen molar-refractivity contribution in [2.45, 2.75) is 152 Å². The Balaban J connectivity index is 1.79. The molecule has 2 rings (SSSR count). The number of hydrogen-bond donors (Lipinski definition) is 7. The van der Waals surface area contributed by atoms with Gasteiger partial charge in [0, 0.05) is 13.0 Å². The molecule has 7 N–H and O–H groups in total. The molecule has 14 nitrogen and oxygen atoms in total. The highest BCUT2D eigenvalue weighted by atomic mass is 16.7. The summed E-state index contributed by atoms with van der Waals surface area (Å²) in [5, 5.41) is 71.1. The summed E-state index contributed by atoms with van der Waals surface area (Å²) in [7, 11) is 0. The van der Waals surface area contributed by atoms with Crippen LogP contribution in [0, 0.1) is 0 Å². The molecule has 0 bridgehead atoms. The second-order valence-corrected chi connectivity index (χ2v) is 12.7. The number of unbranched alkanes of at least 4 members (excludes halogenated alkanes) is 5. The van der Waals surface area contributed by atoms with Crippen molar-refractivity contribution >= 4 is 5.97 Å². The predicted octanol–water partition coefficient (Wildman–Crippen LogP) is 1.56. The average molecular weight is 719 g/mol. The van der Waals surface area contributed by atoms with Gasteiger partial charge < -0.3 is 64.2 Å². The third-order valence-electron chi connectivity index (χ3n) is 8.41. The topological polar surface area (TPSA) is 214 Å². The molecule has 0 aromatic rings. The highest BCUT2D eigenvalue weighted by Gasteiger charge is 2.47. The molecular formula is C36H62O14. The molecule has 0 spiro atoms. The number of ether oxygens (including phenoxy) is 6. The minimum atomic E-state index is -1.70. The fourth-order valence-corrected chi connectivity index (χ4v) is 5.33. The van der Waals surface area contributed by atoms with E-state index in [0.717, 1.165) is 57.8 Å². The van der Waals surface area contributed by atoms with E-state index in [1.807, 2.05) is 6.92 Å². The third-order valence-corrected chi connectivity index (χ3v) is 8.41. The van der Waals surface area contributed by atoms with Gasteiger partial charge in [-0.15, -0.1) is 0 Å². The van der Waals surface area contributed by atoms with Crippen LogP contribution in [-0.4, -0.2) is 142 Å². The minimum Gasteiger partial charge on any atom is -0.457 e. The first-order chi connectivity index (χ1) is 24.1. The fraction of sp³-hybridized carbons (Fsp3) is 0.806. The van der Waals surface area contributed by atoms with E-state index in [0.29, 0.717) is 13.0 Å². The number of carbonyl (C=O) groups is 1. The number of aliphatic hydroxyl groups excluding tert-OH is 7. The summed E-state index contributed by atoms with van der Waals surface area (Å²) in [5.74, 6) is -0.424. The normalized spacial score (nSPS) is 31.2. The number of aliphatic hydroxyl groups is 7. The van der Waals surface area contributed by atoms with Gasteiger partial charge in [-0.3, -0.25) is 4.79 Å². The van der Waals surface area contributed by atoms with E-state index in [2.05, 4.69) is 43.4 Å². The summed E-state index contributed by atoms with van der Waals surface area (Å²) in [6.45, 7) is 3.20. The SMILES string of the molecule is CC/C=C\C/C=C\C/C=C\CCCCCCOCC(COC1OC(COC2OC(CO)C(O)C(O)C2O)C(O)C(O)C1O)OC(=O)CCCC. The van der Waals surface area contributed by atoms with Crippen LogP contribution in [0.3, 0.4) is 0 Å². The molecule has 290 valence electrons. The first-order valence-corrected chi connectivity index (χ1v) is 18.1. The van der Waals surface area contributed by atoms with Crippen LogP contribution in [0.4, 0.5) is 0 Å². The first kappa shape index (κ1) is 44.4. The summed E-state index contributed by atoms with van der Waals surface area (Å²) >= 11 is 0. The predicted molar refractivity (Wildman–Crippen MR) is 183 cm³/mol. The van der Waals surface area contributed by atoms with Crippen LogP contribution < -0.4 is 0 Å². The highest BCUT2D eigenvalue weighted by molar-refractivity contribution is 5.69. The van der Waals surface area contributed by atoms with E-state index >= 15 is 0 Å². The average Bonchev–Trinajstić information content (AvgIpc) is 3.11. The highest BCUT2D eigenvalue weighted by Crippen LogP contribution is 2.26. The molecule has 2 heterocycles. The number of carbonyl (C=O) groups excluding carboxylic acids is 1. The van der Waals surface area contributed by atoms with Gasteiger partial charge in [0.15, 0.2) is 12.6 Å². The van der Waals surface area contributed by atoms with Crippen molar-refractivity contribution in [3.8, 4) is 0 Å². The smallest absolute Gasteiger partial charge is 0.306 e. The van der Waals surface area contributed by atoms with Crippen molar-refractivity contribution in [2.75, 3.05) is 33.0 Å². The Bertz CT molecular complexity index is 974. The van der Waals surface area contributed by atoms with Crippen LogP contribution in [0.25, 0.3) is 0 Å². The standard InChI is InChI=1S/C36H62O14/c1-3-5-7-8-9-10-11-12-13-14-15-16-17-18-20-45-22-25(48-28(38)19-6-4-2)23-46-35-34(44)32(42)30(40)27(50-35)24-47-36-33(43)31(41)29(39)26(21-37)49-36/h5,7,9-10,12-13,25-27,29-37,39-44H,3-4,6,8,11,14-24H2,1-2H3/b7-5-,10-9-,13-12-. The maximum absolute atomic E-state index is 12.4. The van der Waals surface area contributed by atoms with Gasteiger partial charge in [-0.1, -0.05) is 69.6 Å². The van der Waals surface area contributed by atoms with Crippen molar-refractivity contribution in [1.82, 2.24) is 0 Å². The Morgan fingerprint density at radius 1 is 0.680 bits per heavy atom. The van der Waals surface area contributed by atoms with Crippen molar-refractivity contribution < 1.29 is 69.0 Å². The van der Waals surface area contributed by atoms with E-state index in [1.165, 1.54) is 0 Å². The Kier molecular flexibility index (Phi) is 23.1. The summed E-state index contributed by atoms with van der Waals surface area (Å²) in [6, 6.07) is 0. The molecule has 2 aliphatic heterocycles. The van der Waals surface area contributed by atoms with Crippen LogP contribution >= 0.6 is 0 Å². The minimum absolute atomic E-state index is 0.0417. The first-order valence-electron chi connectivity index (χ1n) is 18.1. The van der Waals surface area contributed by atoms with Crippen LogP contribution in [0.1, 0.15) is 84.5 Å². The summed E-state index contributed by atoms with van der Waals surface area (Å²) in [6.07, 6.45) is 6.54. The number of allylic oxidation sites excluding steroid dienone is 6. The Morgan fingerprint density at radius 2 is 1.28 bits per heavy atom. The van der Waals surface area contributed by atoms with Gasteiger partial charge >= 0.3 is 5.97 Å². The lowest BCUT2D eigenvalue weighted by atomic mass is 9.98. The van der Waals surface area contributed by atoms with Crippen molar-refractivity contribution in [2.24, 2.45) is 0 Å². The van der Waals surface area contributed by atoms with Crippen molar-refractivity contribution in [1.29, 1.82) is 0 Å². The number of esters is 1. The molecule has 0 amide bonds. The Hall–Kier alpha value is -1.79. The second kappa shape index (κ2) is 26.0. The third kappa shape index (κ3) is 16.3. The van der Waals surface area contributed by atoms with Crippen LogP contribution in [0.5, 0.6) is 0 Å². The summed E-state index contributed by atoms with van der Waals surface area (Å²) in [5.41, 5.74) is 0. The maximum Gasteiger partial charge on any atom is 0.306 e. The van der Waals surface area contributed by atoms with E-state index in [1.54, 1.807) is 0 Å². The summed E-state index contributed by atoms with van der Waals surface area (Å²) in [4.78, 5) is 12.4. The quantitative estimate of drug-likeness (QED) is 0.0406. The zero-order valence-electron chi connectivity index (χ0n) is 29.6. The van der Waals surface area contributed by atoms with Gasteiger partial charge in [0.05, 0.1) is 26.4 Å². The molecule has 0 aromatic carbocycles. The molecule has 2 aliphatic rings. The lowest BCUT2D eigenvalue weighted by molar-refractivity contribution is -0.332. The molecule has 2 saturated heterocycles. The molecule has 0 aliphatic carbocycles. The molecule has 50 heavy (non-hydrogen) atoms. The van der Waals surface area contributed by atoms with E-state index in [-0.39, 0.29) is 19.6 Å². The Labute approximate surface area is 296 Å². The second-order valence-electron chi connectivity index (χ2n) is 12.7. The molecule has 2 fully saturated rings. The molecule has 0 saturated carbocycles. The molecule has 11 atom stereocenters. The zero-order valence-corrected chi connectivity index (χ0v) is 29.6. The van der Waals surface area contributed by atoms with Gasteiger partial charge in [-0.05, 0) is 44.9 Å².